The van der Waals surface area contributed by atoms with Gasteiger partial charge in [0.05, 0.1) is 26.9 Å². The third kappa shape index (κ3) is 2.78. The van der Waals surface area contributed by atoms with Gasteiger partial charge in [-0.3, -0.25) is 0 Å². The number of anilines is 1. The smallest absolute Gasteiger partial charge is 0.103 e. The average molecular weight is 291 g/mol. The second-order valence-corrected chi connectivity index (χ2v) is 5.95. The molecule has 0 aliphatic heterocycles. The summed E-state index contributed by atoms with van der Waals surface area (Å²) in [5, 5.41) is 9.63. The fourth-order valence-electron chi connectivity index (χ4n) is 1.76. The molecule has 19 heavy (non-hydrogen) atoms. The molecule has 0 bridgehead atoms. The van der Waals surface area contributed by atoms with Gasteiger partial charge in [-0.2, -0.15) is 5.26 Å². The van der Waals surface area contributed by atoms with Crippen molar-refractivity contribution in [2.24, 2.45) is 0 Å². The average Bonchev–Trinajstić information content (AvgIpc) is 2.36. The van der Waals surface area contributed by atoms with Crippen LogP contribution in [0, 0.1) is 18.3 Å². The lowest BCUT2D eigenvalue weighted by Gasteiger charge is -2.07. The zero-order valence-corrected chi connectivity index (χ0v) is 11.8. The van der Waals surface area contributed by atoms with E-state index in [-0.39, 0.29) is 5.56 Å². The van der Waals surface area contributed by atoms with Crippen molar-refractivity contribution in [2.75, 3.05) is 5.73 Å². The Hall–Kier alpha value is -1.83. The van der Waals surface area contributed by atoms with Crippen LogP contribution in [0.1, 0.15) is 11.1 Å². The van der Waals surface area contributed by atoms with Gasteiger partial charge in [0.2, 0.25) is 0 Å². The van der Waals surface area contributed by atoms with E-state index in [1.165, 1.54) is 0 Å². The summed E-state index contributed by atoms with van der Waals surface area (Å²) >= 11 is 5.96. The number of benzene rings is 2. The molecule has 0 saturated heterocycles. The highest BCUT2D eigenvalue weighted by Crippen LogP contribution is 2.26. The van der Waals surface area contributed by atoms with Crippen molar-refractivity contribution in [1.82, 2.24) is 0 Å². The van der Waals surface area contributed by atoms with Crippen LogP contribution in [-0.2, 0) is 10.8 Å². The molecule has 0 unspecified atom stereocenters. The van der Waals surface area contributed by atoms with Gasteiger partial charge in [0, 0.05) is 9.92 Å². The van der Waals surface area contributed by atoms with Crippen LogP contribution >= 0.6 is 11.6 Å². The van der Waals surface area contributed by atoms with Gasteiger partial charge in [-0.1, -0.05) is 17.7 Å². The topological polar surface area (TPSA) is 66.9 Å². The number of nitriles is 1. The molecule has 0 amide bonds. The number of hydrogen-bond donors (Lipinski definition) is 1. The molecule has 0 heterocycles. The van der Waals surface area contributed by atoms with Gasteiger partial charge >= 0.3 is 0 Å². The Morgan fingerprint density at radius 2 is 2.05 bits per heavy atom. The summed E-state index contributed by atoms with van der Waals surface area (Å²) in [6.45, 7) is 1.87. The fourth-order valence-corrected chi connectivity index (χ4v) is 3.45. The van der Waals surface area contributed by atoms with Crippen LogP contribution in [0.3, 0.4) is 0 Å². The summed E-state index contributed by atoms with van der Waals surface area (Å²) in [4.78, 5) is 0.969. The largest absolute Gasteiger partial charge is 0.398 e. The van der Waals surface area contributed by atoms with Gasteiger partial charge in [-0.25, -0.2) is 4.21 Å². The first-order chi connectivity index (χ1) is 9.02. The van der Waals surface area contributed by atoms with Crippen molar-refractivity contribution >= 4 is 28.1 Å². The summed E-state index contributed by atoms with van der Waals surface area (Å²) in [6, 6.07) is 12.1. The predicted octanol–water partition coefficient (Wildman–Crippen LogP) is 3.27. The minimum absolute atomic E-state index is 0.249. The molecular formula is C14H11ClN2OS. The number of nitrogens with two attached hydrogens (primary N) is 1. The van der Waals surface area contributed by atoms with Gasteiger partial charge in [-0.15, -0.1) is 0 Å². The van der Waals surface area contributed by atoms with E-state index in [9.17, 15) is 4.21 Å². The van der Waals surface area contributed by atoms with Crippen molar-refractivity contribution in [3.63, 3.8) is 0 Å². The molecule has 2 aromatic carbocycles. The first kappa shape index (κ1) is 13.6. The highest BCUT2D eigenvalue weighted by atomic mass is 35.5. The first-order valence-corrected chi connectivity index (χ1v) is 7.03. The van der Waals surface area contributed by atoms with Crippen molar-refractivity contribution < 1.29 is 4.21 Å². The van der Waals surface area contributed by atoms with Crippen LogP contribution < -0.4 is 5.73 Å². The zero-order chi connectivity index (χ0) is 14.0. The quantitative estimate of drug-likeness (QED) is 0.863. The van der Waals surface area contributed by atoms with E-state index in [0.29, 0.717) is 20.5 Å². The van der Waals surface area contributed by atoms with Gasteiger partial charge < -0.3 is 5.73 Å². The van der Waals surface area contributed by atoms with Gasteiger partial charge in [-0.05, 0) is 42.8 Å². The number of halogens is 1. The lowest BCUT2D eigenvalue weighted by atomic mass is 10.2. The SMILES string of the molecule is Cc1cc(Cl)cc([S@](=O)c2cccc(N)c2C#N)c1. The predicted molar refractivity (Wildman–Crippen MR) is 76.4 cm³/mol. The maximum absolute atomic E-state index is 12.5. The maximum atomic E-state index is 12.5. The van der Waals surface area contributed by atoms with Crippen molar-refractivity contribution in [3.8, 4) is 6.07 Å². The van der Waals surface area contributed by atoms with Crippen LogP contribution in [-0.4, -0.2) is 4.21 Å². The lowest BCUT2D eigenvalue weighted by molar-refractivity contribution is 0.683. The summed E-state index contributed by atoms with van der Waals surface area (Å²) in [5.41, 5.74) is 7.21. The molecule has 1 atom stereocenters. The summed E-state index contributed by atoms with van der Waals surface area (Å²) in [6.07, 6.45) is 0. The Balaban J connectivity index is 2.57. The highest BCUT2D eigenvalue weighted by molar-refractivity contribution is 7.85. The third-order valence-electron chi connectivity index (χ3n) is 2.60. The van der Waals surface area contributed by atoms with Crippen LogP contribution in [0.2, 0.25) is 5.02 Å². The minimum atomic E-state index is -1.48. The van der Waals surface area contributed by atoms with Crippen LogP contribution in [0.4, 0.5) is 5.69 Å². The zero-order valence-electron chi connectivity index (χ0n) is 10.2. The fraction of sp³-hybridized carbons (Fsp3) is 0.0714. The highest BCUT2D eigenvalue weighted by Gasteiger charge is 2.14. The Kier molecular flexibility index (Phi) is 3.89. The van der Waals surface area contributed by atoms with Crippen LogP contribution in [0.25, 0.3) is 0 Å². The molecule has 2 rings (SSSR count). The van der Waals surface area contributed by atoms with Crippen LogP contribution in [0.15, 0.2) is 46.2 Å². The van der Waals surface area contributed by atoms with E-state index in [0.717, 1.165) is 5.56 Å². The molecule has 96 valence electrons. The molecule has 0 fully saturated rings. The molecule has 0 spiro atoms. The number of rotatable bonds is 2. The van der Waals surface area contributed by atoms with Crippen molar-refractivity contribution in [3.05, 3.63) is 52.5 Å². The maximum Gasteiger partial charge on any atom is 0.103 e. The van der Waals surface area contributed by atoms with E-state index in [1.807, 2.05) is 13.0 Å². The number of nitrogen functional groups attached to an aromatic ring is 1. The molecule has 0 aliphatic carbocycles. The van der Waals surface area contributed by atoms with Crippen LogP contribution in [0.5, 0.6) is 0 Å². The monoisotopic (exact) mass is 290 g/mol. The van der Waals surface area contributed by atoms with Crippen molar-refractivity contribution in [2.45, 2.75) is 16.7 Å². The molecule has 2 N–H and O–H groups in total. The second kappa shape index (κ2) is 5.43. The molecule has 0 radical (unpaired) electrons. The lowest BCUT2D eigenvalue weighted by Crippen LogP contribution is -2.00. The molecule has 0 aromatic heterocycles. The minimum Gasteiger partial charge on any atom is -0.398 e. The number of nitrogens with zero attached hydrogens (tertiary/aromatic N) is 1. The molecule has 5 heteroatoms. The van der Waals surface area contributed by atoms with E-state index < -0.39 is 10.8 Å². The third-order valence-corrected chi connectivity index (χ3v) is 4.22. The van der Waals surface area contributed by atoms with E-state index in [4.69, 9.17) is 22.6 Å². The molecular weight excluding hydrogens is 280 g/mol. The molecule has 3 nitrogen and oxygen atoms in total. The normalized spacial score (nSPS) is 11.8. The number of hydrogen-bond acceptors (Lipinski definition) is 3. The second-order valence-electron chi connectivity index (χ2n) is 4.07. The summed E-state index contributed by atoms with van der Waals surface area (Å²) < 4.78 is 12.5. The van der Waals surface area contributed by atoms with E-state index in [1.54, 1.807) is 36.4 Å². The Labute approximate surface area is 119 Å². The Morgan fingerprint density at radius 3 is 2.68 bits per heavy atom. The summed E-state index contributed by atoms with van der Waals surface area (Å²) in [5.74, 6) is 0. The molecule has 2 aromatic rings. The van der Waals surface area contributed by atoms with Gasteiger partial charge in [0.15, 0.2) is 0 Å². The Morgan fingerprint density at radius 1 is 1.32 bits per heavy atom. The number of aryl methyl sites for hydroxylation is 1. The standard InChI is InChI=1S/C14H11ClN2OS/c1-9-5-10(15)7-11(6-9)19(18)14-4-2-3-13(17)12(14)8-16/h2-7H,17H2,1H3/t19-/m0/s1. The van der Waals surface area contributed by atoms with E-state index >= 15 is 0 Å². The van der Waals surface area contributed by atoms with Crippen molar-refractivity contribution in [1.29, 1.82) is 5.26 Å². The summed E-state index contributed by atoms with van der Waals surface area (Å²) in [7, 11) is -1.48. The molecule has 0 saturated carbocycles. The first-order valence-electron chi connectivity index (χ1n) is 5.50. The van der Waals surface area contributed by atoms with Gasteiger partial charge in [0.25, 0.3) is 0 Å². The molecule has 0 aliphatic rings. The Bertz CT molecular complexity index is 687. The van der Waals surface area contributed by atoms with E-state index in [2.05, 4.69) is 0 Å². The van der Waals surface area contributed by atoms with Gasteiger partial charge in [0.1, 0.15) is 6.07 Å².